The maximum Gasteiger partial charge on any atom is 0.404 e. The van der Waals surface area contributed by atoms with Gasteiger partial charge in [-0.3, -0.25) is 9.69 Å². The van der Waals surface area contributed by atoms with Crippen LogP contribution in [0.4, 0.5) is 13.2 Å². The molecule has 2 rings (SSSR count). The van der Waals surface area contributed by atoms with Crippen LogP contribution >= 0.6 is 0 Å². The van der Waals surface area contributed by atoms with Crippen LogP contribution in [0.25, 0.3) is 0 Å². The van der Waals surface area contributed by atoms with Crippen molar-refractivity contribution >= 4 is 5.91 Å². The number of hydrogen-bond acceptors (Lipinski definition) is 5. The number of hydrogen-bond donors (Lipinski definition) is 1. The Hall–Kier alpha value is -1.64. The largest absolute Gasteiger partial charge is 0.425 e. The number of amides is 1. The number of likely N-dealkylation sites (tertiary alicyclic amines) is 1. The predicted molar refractivity (Wildman–Crippen MR) is 80.3 cm³/mol. The summed E-state index contributed by atoms with van der Waals surface area (Å²) < 4.78 is 43.8. The van der Waals surface area contributed by atoms with Gasteiger partial charge in [-0.05, 0) is 19.9 Å². The third kappa shape index (κ3) is 4.93. The van der Waals surface area contributed by atoms with Gasteiger partial charge in [-0.25, -0.2) is 0 Å². The molecule has 1 amide bonds. The van der Waals surface area contributed by atoms with Crippen molar-refractivity contribution in [1.29, 1.82) is 0 Å². The summed E-state index contributed by atoms with van der Waals surface area (Å²) in [6, 6.07) is -1.70. The quantitative estimate of drug-likeness (QED) is 0.884. The van der Waals surface area contributed by atoms with Crippen LogP contribution < -0.4 is 5.32 Å². The van der Waals surface area contributed by atoms with Gasteiger partial charge < -0.3 is 9.73 Å². The van der Waals surface area contributed by atoms with Gasteiger partial charge in [-0.15, -0.1) is 10.2 Å². The van der Waals surface area contributed by atoms with Gasteiger partial charge in [0.05, 0.1) is 0 Å². The van der Waals surface area contributed by atoms with Crippen molar-refractivity contribution < 1.29 is 22.4 Å². The van der Waals surface area contributed by atoms with E-state index in [9.17, 15) is 18.0 Å². The molecule has 0 spiro atoms. The third-order valence-electron chi connectivity index (χ3n) is 4.11. The van der Waals surface area contributed by atoms with Gasteiger partial charge >= 0.3 is 6.18 Å². The first kappa shape index (κ1) is 18.7. The second kappa shape index (κ2) is 7.50. The lowest BCUT2D eigenvalue weighted by atomic mass is 9.98. The number of carbonyl (C=O) groups excluding carboxylic acids is 1. The lowest BCUT2D eigenvalue weighted by Gasteiger charge is -2.38. The Kier molecular flexibility index (Phi) is 5.84. The van der Waals surface area contributed by atoms with E-state index in [1.54, 1.807) is 0 Å². The predicted octanol–water partition coefficient (Wildman–Crippen LogP) is 2.27. The van der Waals surface area contributed by atoms with Crippen LogP contribution in [0, 0.1) is 0 Å². The normalized spacial score (nSPS) is 22.8. The molecule has 1 fully saturated rings. The molecule has 136 valence electrons. The van der Waals surface area contributed by atoms with E-state index >= 15 is 0 Å². The van der Waals surface area contributed by atoms with Crippen LogP contribution in [-0.2, 0) is 11.2 Å². The molecule has 2 unspecified atom stereocenters. The summed E-state index contributed by atoms with van der Waals surface area (Å²) in [6.45, 7) is 4.05. The number of likely N-dealkylation sites (N-methyl/N-ethyl adjacent to an activating group) is 1. The summed E-state index contributed by atoms with van der Waals surface area (Å²) in [7, 11) is 1.43. The lowest BCUT2D eigenvalue weighted by Crippen LogP contribution is -2.54. The molecule has 0 radical (unpaired) electrons. The summed E-state index contributed by atoms with van der Waals surface area (Å²) >= 11 is 0. The Morgan fingerprint density at radius 3 is 2.62 bits per heavy atom. The van der Waals surface area contributed by atoms with Crippen molar-refractivity contribution in [3.8, 4) is 0 Å². The van der Waals surface area contributed by atoms with Crippen molar-refractivity contribution in [3.05, 3.63) is 11.8 Å². The van der Waals surface area contributed by atoms with Crippen LogP contribution in [0.15, 0.2) is 4.42 Å². The molecule has 2 heterocycles. The highest BCUT2D eigenvalue weighted by Gasteiger charge is 2.44. The SMILES string of the molecule is CC(C)c1nnc(CCC(=O)NC2CCC(C(F)(F)F)N(C)C2)o1. The van der Waals surface area contributed by atoms with Gasteiger partial charge in [-0.2, -0.15) is 13.2 Å². The van der Waals surface area contributed by atoms with Crippen molar-refractivity contribution in [2.24, 2.45) is 0 Å². The first-order chi connectivity index (χ1) is 11.2. The van der Waals surface area contributed by atoms with Crippen molar-refractivity contribution in [1.82, 2.24) is 20.4 Å². The van der Waals surface area contributed by atoms with E-state index in [-0.39, 0.29) is 37.3 Å². The average Bonchev–Trinajstić information content (AvgIpc) is 2.93. The molecule has 24 heavy (non-hydrogen) atoms. The molecular weight excluding hydrogens is 325 g/mol. The second-order valence-corrected chi connectivity index (χ2v) is 6.53. The number of piperidine rings is 1. The van der Waals surface area contributed by atoms with E-state index in [0.717, 1.165) is 0 Å². The Morgan fingerprint density at radius 1 is 1.38 bits per heavy atom. The number of carbonyl (C=O) groups is 1. The number of alkyl halides is 3. The molecule has 1 saturated heterocycles. The monoisotopic (exact) mass is 348 g/mol. The maximum absolute atomic E-state index is 12.8. The zero-order valence-electron chi connectivity index (χ0n) is 14.1. The summed E-state index contributed by atoms with van der Waals surface area (Å²) in [4.78, 5) is 13.2. The van der Waals surface area contributed by atoms with Crippen molar-refractivity contribution in [2.75, 3.05) is 13.6 Å². The molecule has 2 atom stereocenters. The first-order valence-electron chi connectivity index (χ1n) is 8.05. The smallest absolute Gasteiger partial charge is 0.404 e. The Balaban J connectivity index is 1.77. The molecular formula is C15H23F3N4O2. The van der Waals surface area contributed by atoms with Gasteiger partial charge in [0.2, 0.25) is 17.7 Å². The summed E-state index contributed by atoms with van der Waals surface area (Å²) in [5, 5.41) is 10.5. The fourth-order valence-corrected chi connectivity index (χ4v) is 2.80. The highest BCUT2D eigenvalue weighted by molar-refractivity contribution is 5.76. The number of halogens is 3. The molecule has 6 nitrogen and oxygen atoms in total. The topological polar surface area (TPSA) is 71.3 Å². The fourth-order valence-electron chi connectivity index (χ4n) is 2.80. The van der Waals surface area contributed by atoms with E-state index in [1.165, 1.54) is 11.9 Å². The number of nitrogens with one attached hydrogen (secondary N) is 1. The van der Waals surface area contributed by atoms with Crippen LogP contribution in [0.2, 0.25) is 0 Å². The Bertz CT molecular complexity index is 559. The Morgan fingerprint density at radius 2 is 2.08 bits per heavy atom. The summed E-state index contributed by atoms with van der Waals surface area (Å²) in [5.41, 5.74) is 0. The molecule has 0 aliphatic carbocycles. The standard InChI is InChI=1S/C15H23F3N4O2/c1-9(2)14-21-20-13(24-14)7-6-12(23)19-10-4-5-11(15(16,17)18)22(3)8-10/h9-11H,4-8H2,1-3H3,(H,19,23). The van der Waals surface area contributed by atoms with Gasteiger partial charge in [0.1, 0.15) is 6.04 Å². The van der Waals surface area contributed by atoms with Gasteiger partial charge in [0.25, 0.3) is 0 Å². The van der Waals surface area contributed by atoms with Crippen molar-refractivity contribution in [2.45, 2.75) is 63.7 Å². The molecule has 1 aliphatic rings. The molecule has 0 saturated carbocycles. The summed E-state index contributed by atoms with van der Waals surface area (Å²) in [6.07, 6.45) is -3.43. The second-order valence-electron chi connectivity index (χ2n) is 6.53. The highest BCUT2D eigenvalue weighted by atomic mass is 19.4. The Labute approximate surface area is 138 Å². The minimum atomic E-state index is -4.23. The highest BCUT2D eigenvalue weighted by Crippen LogP contribution is 2.30. The summed E-state index contributed by atoms with van der Waals surface area (Å²) in [5.74, 6) is 0.826. The van der Waals surface area contributed by atoms with Crippen molar-refractivity contribution in [3.63, 3.8) is 0 Å². The van der Waals surface area contributed by atoms with Crippen LogP contribution in [0.5, 0.6) is 0 Å². The number of aromatic nitrogens is 2. The van der Waals surface area contributed by atoms with E-state index in [4.69, 9.17) is 4.42 Å². The molecule has 0 bridgehead atoms. The zero-order valence-corrected chi connectivity index (χ0v) is 14.1. The molecule has 0 aromatic carbocycles. The number of aryl methyl sites for hydroxylation is 1. The number of nitrogens with zero attached hydrogens (tertiary/aromatic N) is 3. The van der Waals surface area contributed by atoms with Crippen LogP contribution in [0.1, 0.15) is 50.8 Å². The molecule has 1 aromatic heterocycles. The third-order valence-corrected chi connectivity index (χ3v) is 4.11. The molecule has 9 heteroatoms. The zero-order chi connectivity index (χ0) is 17.9. The number of rotatable bonds is 5. The molecule has 1 aliphatic heterocycles. The van der Waals surface area contributed by atoms with E-state index in [0.29, 0.717) is 24.6 Å². The van der Waals surface area contributed by atoms with Gasteiger partial charge in [0.15, 0.2) is 0 Å². The average molecular weight is 348 g/mol. The minimum Gasteiger partial charge on any atom is -0.425 e. The molecule has 1 N–H and O–H groups in total. The van der Waals surface area contributed by atoms with E-state index in [2.05, 4.69) is 15.5 Å². The first-order valence-corrected chi connectivity index (χ1v) is 8.05. The minimum absolute atomic E-state index is 0.00758. The van der Waals surface area contributed by atoms with Gasteiger partial charge in [-0.1, -0.05) is 13.8 Å². The lowest BCUT2D eigenvalue weighted by molar-refractivity contribution is -0.188. The van der Waals surface area contributed by atoms with Crippen LogP contribution in [-0.4, -0.2) is 52.9 Å². The fraction of sp³-hybridized carbons (Fsp3) is 0.800. The maximum atomic E-state index is 12.8. The van der Waals surface area contributed by atoms with E-state index < -0.39 is 12.2 Å². The van der Waals surface area contributed by atoms with Crippen LogP contribution in [0.3, 0.4) is 0 Å². The molecule has 1 aromatic rings. The van der Waals surface area contributed by atoms with Gasteiger partial charge in [0, 0.05) is 31.3 Å². The van der Waals surface area contributed by atoms with E-state index in [1.807, 2.05) is 13.8 Å².